The highest BCUT2D eigenvalue weighted by Gasteiger charge is 2.51. The summed E-state index contributed by atoms with van der Waals surface area (Å²) >= 11 is 5.95. The number of carboxylic acid groups (broad SMARTS) is 1. The molecule has 1 atom stereocenters. The van der Waals surface area contributed by atoms with E-state index in [9.17, 15) is 27.9 Å². The third kappa shape index (κ3) is 7.73. The predicted octanol–water partition coefficient (Wildman–Crippen LogP) is 3.67. The number of hydrogen-bond acceptors (Lipinski definition) is 6. The lowest BCUT2D eigenvalue weighted by Gasteiger charge is -2.51. The predicted molar refractivity (Wildman–Crippen MR) is 149 cm³/mol. The number of fused-ring (bicyclic) bond motifs is 3. The number of esters is 1. The Labute approximate surface area is 251 Å². The van der Waals surface area contributed by atoms with Crippen LogP contribution in [0.3, 0.4) is 0 Å². The van der Waals surface area contributed by atoms with Gasteiger partial charge in [0.05, 0.1) is 13.1 Å². The summed E-state index contributed by atoms with van der Waals surface area (Å²) in [6.07, 6.45) is -3.80. The summed E-state index contributed by atoms with van der Waals surface area (Å²) in [4.78, 5) is 35.3. The lowest BCUT2D eigenvalue weighted by molar-refractivity contribution is -0.939. The number of quaternary nitrogens is 1. The summed E-state index contributed by atoms with van der Waals surface area (Å²) in [6.45, 7) is 2.61. The Kier molecular flexibility index (Phi) is 9.79. The third-order valence-corrected chi connectivity index (χ3v) is 8.07. The highest BCUT2D eigenvalue weighted by Crippen LogP contribution is 2.38. The van der Waals surface area contributed by atoms with Crippen molar-refractivity contribution in [1.29, 1.82) is 0 Å². The van der Waals surface area contributed by atoms with Gasteiger partial charge in [0, 0.05) is 29.5 Å². The maximum atomic E-state index is 13.6. The first kappa shape index (κ1) is 32.0. The zero-order chi connectivity index (χ0) is 31.3. The molecule has 43 heavy (non-hydrogen) atoms. The number of halogens is 4. The van der Waals surface area contributed by atoms with Gasteiger partial charge in [-0.15, -0.1) is 0 Å². The van der Waals surface area contributed by atoms with Crippen LogP contribution < -0.4 is 10.4 Å². The first-order chi connectivity index (χ1) is 20.3. The van der Waals surface area contributed by atoms with Gasteiger partial charge in [-0.05, 0) is 35.4 Å². The molecule has 0 radical (unpaired) electrons. The average molecular weight is 619 g/mol. The van der Waals surface area contributed by atoms with Crippen LogP contribution in [0.2, 0.25) is 5.02 Å². The van der Waals surface area contributed by atoms with E-state index in [0.29, 0.717) is 39.4 Å². The number of ether oxygens (including phenoxy) is 1. The van der Waals surface area contributed by atoms with Crippen molar-refractivity contribution in [3.8, 4) is 0 Å². The van der Waals surface area contributed by atoms with E-state index in [1.54, 1.807) is 72.8 Å². The van der Waals surface area contributed by atoms with Crippen LogP contribution >= 0.6 is 11.6 Å². The van der Waals surface area contributed by atoms with Gasteiger partial charge in [-0.3, -0.25) is 4.79 Å². The van der Waals surface area contributed by atoms with Gasteiger partial charge in [-0.2, -0.15) is 13.2 Å². The molecule has 2 N–H and O–H groups in total. The van der Waals surface area contributed by atoms with Crippen molar-refractivity contribution >= 4 is 35.1 Å². The number of anilines is 1. The van der Waals surface area contributed by atoms with E-state index < -0.39 is 23.7 Å². The van der Waals surface area contributed by atoms with Gasteiger partial charge in [-0.1, -0.05) is 72.3 Å². The number of alkyl halides is 3. The number of benzene rings is 3. The molecule has 228 valence electrons. The topological polar surface area (TPSA) is 116 Å². The highest BCUT2D eigenvalue weighted by molar-refractivity contribution is 6.30. The summed E-state index contributed by atoms with van der Waals surface area (Å²) in [5, 5.41) is 24.1. The Balaban J connectivity index is 0.000000541. The van der Waals surface area contributed by atoms with Crippen LogP contribution in [0.1, 0.15) is 24.0 Å². The molecule has 3 heterocycles. The molecule has 2 bridgehead atoms. The lowest BCUT2D eigenvalue weighted by atomic mass is 9.82. The number of rotatable bonds is 7. The van der Waals surface area contributed by atoms with Crippen molar-refractivity contribution < 1.29 is 47.0 Å². The maximum absolute atomic E-state index is 13.6. The van der Waals surface area contributed by atoms with Gasteiger partial charge in [-0.25, -0.2) is 4.79 Å². The second kappa shape index (κ2) is 13.2. The minimum Gasteiger partial charge on any atom is -0.542 e. The van der Waals surface area contributed by atoms with E-state index in [4.69, 9.17) is 26.2 Å². The number of nitrogens with one attached hydrogen (secondary N) is 1. The van der Waals surface area contributed by atoms with E-state index >= 15 is 0 Å². The molecule has 3 aliphatic rings. The fraction of sp³-hybridized carbons (Fsp3) is 0.323. The number of nitrogens with zero attached hydrogens (tertiary/aromatic N) is 1. The fourth-order valence-electron chi connectivity index (χ4n) is 5.60. The van der Waals surface area contributed by atoms with E-state index in [2.05, 4.69) is 5.32 Å². The third-order valence-electron chi connectivity index (χ3n) is 7.82. The molecule has 3 aromatic rings. The number of aliphatic carboxylic acids is 1. The van der Waals surface area contributed by atoms with E-state index in [0.717, 1.165) is 25.9 Å². The molecule has 1 amide bonds. The van der Waals surface area contributed by atoms with E-state index in [1.807, 2.05) is 12.1 Å². The molecule has 0 aliphatic carbocycles. The minimum absolute atomic E-state index is 0.0761. The van der Waals surface area contributed by atoms with Crippen LogP contribution in [0.4, 0.5) is 18.9 Å². The second-order valence-electron chi connectivity index (χ2n) is 10.7. The summed E-state index contributed by atoms with van der Waals surface area (Å²) in [5.74, 6) is -3.54. The molecule has 3 aliphatic heterocycles. The molecule has 3 aromatic carbocycles. The van der Waals surface area contributed by atoms with Gasteiger partial charge in [0.15, 0.2) is 12.6 Å². The fourth-order valence-corrected chi connectivity index (χ4v) is 5.73. The quantitative estimate of drug-likeness (QED) is 0.309. The molecular formula is C31H30ClF3N2O6. The van der Waals surface area contributed by atoms with Crippen LogP contribution in [0, 0.1) is 5.92 Å². The van der Waals surface area contributed by atoms with Crippen LogP contribution in [0.5, 0.6) is 0 Å². The molecule has 8 nitrogen and oxygen atoms in total. The van der Waals surface area contributed by atoms with Crippen LogP contribution in [0.15, 0.2) is 84.9 Å². The second-order valence-corrected chi connectivity index (χ2v) is 11.1. The van der Waals surface area contributed by atoms with Gasteiger partial charge < -0.3 is 29.5 Å². The Morgan fingerprint density at radius 3 is 1.86 bits per heavy atom. The largest absolute Gasteiger partial charge is 0.542 e. The Hall–Kier alpha value is -3.93. The molecule has 0 saturated carbocycles. The molecule has 3 saturated heterocycles. The van der Waals surface area contributed by atoms with Crippen molar-refractivity contribution in [3.05, 3.63) is 101 Å². The monoisotopic (exact) mass is 618 g/mol. The lowest BCUT2D eigenvalue weighted by Crippen LogP contribution is -2.66. The number of piperidine rings is 3. The number of amides is 1. The highest BCUT2D eigenvalue weighted by atomic mass is 35.5. The number of hydrogen-bond donors (Lipinski definition) is 2. The van der Waals surface area contributed by atoms with E-state index in [1.165, 1.54) is 0 Å². The molecule has 12 heteroatoms. The van der Waals surface area contributed by atoms with Gasteiger partial charge in [0.2, 0.25) is 5.60 Å². The molecular weight excluding hydrogens is 589 g/mol. The van der Waals surface area contributed by atoms with Crippen LogP contribution in [-0.2, 0) is 24.7 Å². The van der Waals surface area contributed by atoms with Gasteiger partial charge in [0.1, 0.15) is 12.5 Å². The zero-order valence-corrected chi connectivity index (χ0v) is 23.7. The minimum atomic E-state index is -5.19. The van der Waals surface area contributed by atoms with E-state index in [-0.39, 0.29) is 17.9 Å². The molecule has 3 fully saturated rings. The van der Waals surface area contributed by atoms with Gasteiger partial charge in [0.25, 0.3) is 5.91 Å². The van der Waals surface area contributed by atoms with Crippen LogP contribution in [0.25, 0.3) is 0 Å². The first-order valence-electron chi connectivity index (χ1n) is 13.6. The van der Waals surface area contributed by atoms with Crippen molar-refractivity contribution in [3.63, 3.8) is 0 Å². The van der Waals surface area contributed by atoms with Gasteiger partial charge >= 0.3 is 12.1 Å². The molecule has 6 rings (SSSR count). The summed E-state index contributed by atoms with van der Waals surface area (Å²) in [6, 6.07) is 24.9. The summed E-state index contributed by atoms with van der Waals surface area (Å²) in [5.41, 5.74) is -0.276. The summed E-state index contributed by atoms with van der Waals surface area (Å²) < 4.78 is 38.2. The normalized spacial score (nSPS) is 21.2. The van der Waals surface area contributed by atoms with Crippen molar-refractivity contribution in [2.45, 2.75) is 30.7 Å². The summed E-state index contributed by atoms with van der Waals surface area (Å²) in [7, 11) is 0. The number of carbonyl (C=O) groups is 3. The zero-order valence-electron chi connectivity index (χ0n) is 22.9. The Morgan fingerprint density at radius 1 is 0.907 bits per heavy atom. The van der Waals surface area contributed by atoms with Crippen molar-refractivity contribution in [2.24, 2.45) is 5.92 Å². The average Bonchev–Trinajstić information content (AvgIpc) is 2.99. The molecule has 0 unspecified atom stereocenters. The molecule has 0 aromatic heterocycles. The van der Waals surface area contributed by atoms with Crippen molar-refractivity contribution in [1.82, 2.24) is 0 Å². The maximum Gasteiger partial charge on any atom is 0.430 e. The molecule has 0 spiro atoms. The standard InChI is InChI=1S/C29H29ClN2O4.C2HF3O2/c30-24-11-13-25(14-12-24)31-27(33)20-32-17-15-21(16-18-32)26(19-32)36-28(34)29(35,22-7-3-1-4-8-22)23-9-5-2-6-10-23;3-2(4,5)1(6)7/h1-14,21,26,35H,15-20H2;(H,6,7)/t21?,26-,32?;/m0./s1. The Morgan fingerprint density at radius 2 is 1.40 bits per heavy atom. The SMILES string of the molecule is O=C(C[N+]12CCC(CC1)[C@@H](OC(=O)C(O)(c1ccccc1)c1ccccc1)C2)Nc1ccc(Cl)cc1.O=C([O-])C(F)(F)F. The van der Waals surface area contributed by atoms with Crippen LogP contribution in [-0.4, -0.2) is 65.9 Å². The Bertz CT molecular complexity index is 1370. The van der Waals surface area contributed by atoms with Crippen molar-refractivity contribution in [2.75, 3.05) is 31.5 Å². The number of aliphatic hydroxyl groups is 1. The smallest absolute Gasteiger partial charge is 0.430 e. The number of carboxylic acids is 1. The first-order valence-corrected chi connectivity index (χ1v) is 13.9. The number of carbonyl (C=O) groups excluding carboxylic acids is 3.